The molecule has 1 aromatic rings. The Labute approximate surface area is 92.9 Å². The fraction of sp³-hybridized carbons (Fsp3) is 0.538. The molecule has 0 spiro atoms. The average molecular weight is 207 g/mol. The van der Waals surface area contributed by atoms with E-state index in [1.54, 1.807) is 0 Å². The summed E-state index contributed by atoms with van der Waals surface area (Å²) in [5, 5.41) is 0. The molecule has 0 heterocycles. The van der Waals surface area contributed by atoms with Gasteiger partial charge in [0.15, 0.2) is 0 Å². The molecule has 2 heteroatoms. The minimum Gasteiger partial charge on any atom is -0.492 e. The number of aryl methyl sites for hydroxylation is 1. The van der Waals surface area contributed by atoms with Gasteiger partial charge < -0.3 is 9.64 Å². The Morgan fingerprint density at radius 1 is 1.13 bits per heavy atom. The molecular weight excluding hydrogens is 186 g/mol. The van der Waals surface area contributed by atoms with Crippen molar-refractivity contribution in [1.29, 1.82) is 0 Å². The van der Waals surface area contributed by atoms with Crippen LogP contribution in [0.15, 0.2) is 24.3 Å². The van der Waals surface area contributed by atoms with E-state index in [1.165, 1.54) is 12.0 Å². The molecule has 0 bridgehead atoms. The van der Waals surface area contributed by atoms with Crippen molar-refractivity contribution in [3.05, 3.63) is 29.8 Å². The molecule has 0 aliphatic carbocycles. The van der Waals surface area contributed by atoms with Gasteiger partial charge in [0.05, 0.1) is 0 Å². The van der Waals surface area contributed by atoms with Gasteiger partial charge in [0.25, 0.3) is 0 Å². The zero-order valence-electron chi connectivity index (χ0n) is 9.99. The highest BCUT2D eigenvalue weighted by Crippen LogP contribution is 2.10. The number of ether oxygens (including phenoxy) is 1. The van der Waals surface area contributed by atoms with Gasteiger partial charge >= 0.3 is 0 Å². The molecule has 2 nitrogen and oxygen atoms in total. The molecule has 1 aromatic carbocycles. The van der Waals surface area contributed by atoms with Gasteiger partial charge in [0.1, 0.15) is 12.4 Å². The second kappa shape index (κ2) is 6.46. The molecule has 0 saturated heterocycles. The minimum atomic E-state index is 0.763. The summed E-state index contributed by atoms with van der Waals surface area (Å²) in [4.78, 5) is 2.29. The fourth-order valence-corrected chi connectivity index (χ4v) is 1.45. The van der Waals surface area contributed by atoms with Crippen LogP contribution in [0.2, 0.25) is 0 Å². The standard InChI is InChI=1S/C13H21NO/c1-4-9-14(3)10-11-15-13-7-5-12(2)6-8-13/h5-8H,4,9-11H2,1-3H3. The van der Waals surface area contributed by atoms with Crippen LogP contribution in [0.4, 0.5) is 0 Å². The smallest absolute Gasteiger partial charge is 0.119 e. The Balaban J connectivity index is 2.22. The Kier molecular flexibility index (Phi) is 5.19. The normalized spacial score (nSPS) is 10.7. The van der Waals surface area contributed by atoms with Gasteiger partial charge in [-0.05, 0) is 39.1 Å². The molecule has 0 aliphatic heterocycles. The van der Waals surface area contributed by atoms with Crippen molar-refractivity contribution in [3.63, 3.8) is 0 Å². The van der Waals surface area contributed by atoms with Crippen molar-refractivity contribution in [2.75, 3.05) is 26.7 Å². The van der Waals surface area contributed by atoms with Gasteiger partial charge in [-0.25, -0.2) is 0 Å². The summed E-state index contributed by atoms with van der Waals surface area (Å²) in [6.07, 6.45) is 1.20. The number of benzene rings is 1. The second-order valence-electron chi connectivity index (χ2n) is 3.96. The van der Waals surface area contributed by atoms with E-state index in [0.717, 1.165) is 25.4 Å². The molecule has 15 heavy (non-hydrogen) atoms. The molecular formula is C13H21NO. The topological polar surface area (TPSA) is 12.5 Å². The average Bonchev–Trinajstić information content (AvgIpc) is 2.21. The van der Waals surface area contributed by atoms with Crippen LogP contribution in [0.1, 0.15) is 18.9 Å². The molecule has 0 aliphatic rings. The van der Waals surface area contributed by atoms with Gasteiger partial charge in [-0.3, -0.25) is 0 Å². The highest BCUT2D eigenvalue weighted by Gasteiger charge is 1.97. The van der Waals surface area contributed by atoms with Crippen molar-refractivity contribution in [3.8, 4) is 5.75 Å². The van der Waals surface area contributed by atoms with Gasteiger partial charge in [-0.2, -0.15) is 0 Å². The lowest BCUT2D eigenvalue weighted by atomic mass is 10.2. The third-order valence-corrected chi connectivity index (χ3v) is 2.37. The zero-order valence-corrected chi connectivity index (χ0v) is 9.99. The van der Waals surface area contributed by atoms with Crippen LogP contribution in [-0.2, 0) is 0 Å². The molecule has 0 N–H and O–H groups in total. The third kappa shape index (κ3) is 4.84. The lowest BCUT2D eigenvalue weighted by Gasteiger charge is -2.15. The molecule has 0 fully saturated rings. The van der Waals surface area contributed by atoms with Crippen molar-refractivity contribution in [2.24, 2.45) is 0 Å². The van der Waals surface area contributed by atoms with Crippen LogP contribution < -0.4 is 4.74 Å². The van der Waals surface area contributed by atoms with E-state index in [9.17, 15) is 0 Å². The summed E-state index contributed by atoms with van der Waals surface area (Å²) >= 11 is 0. The van der Waals surface area contributed by atoms with Crippen LogP contribution in [0.5, 0.6) is 5.75 Å². The van der Waals surface area contributed by atoms with E-state index in [4.69, 9.17) is 4.74 Å². The Hall–Kier alpha value is -1.02. The number of nitrogens with zero attached hydrogens (tertiary/aromatic N) is 1. The van der Waals surface area contributed by atoms with Crippen molar-refractivity contribution >= 4 is 0 Å². The Bertz CT molecular complexity index is 268. The maximum absolute atomic E-state index is 5.64. The number of likely N-dealkylation sites (N-methyl/N-ethyl adjacent to an activating group) is 1. The molecule has 0 aromatic heterocycles. The van der Waals surface area contributed by atoms with Crippen molar-refractivity contribution in [2.45, 2.75) is 20.3 Å². The predicted molar refractivity (Wildman–Crippen MR) is 64.5 cm³/mol. The van der Waals surface area contributed by atoms with Crippen LogP contribution >= 0.6 is 0 Å². The number of hydrogen-bond acceptors (Lipinski definition) is 2. The van der Waals surface area contributed by atoms with E-state index in [2.05, 4.69) is 37.9 Å². The zero-order chi connectivity index (χ0) is 11.1. The van der Waals surface area contributed by atoms with Crippen molar-refractivity contribution in [1.82, 2.24) is 4.90 Å². The van der Waals surface area contributed by atoms with E-state index in [1.807, 2.05) is 12.1 Å². The van der Waals surface area contributed by atoms with Crippen LogP contribution in [0.25, 0.3) is 0 Å². The monoisotopic (exact) mass is 207 g/mol. The van der Waals surface area contributed by atoms with Crippen LogP contribution in [0.3, 0.4) is 0 Å². The maximum Gasteiger partial charge on any atom is 0.119 e. The highest BCUT2D eigenvalue weighted by atomic mass is 16.5. The molecule has 84 valence electrons. The van der Waals surface area contributed by atoms with Crippen molar-refractivity contribution < 1.29 is 4.74 Å². The summed E-state index contributed by atoms with van der Waals surface area (Å²) in [5.41, 5.74) is 1.27. The van der Waals surface area contributed by atoms with E-state index in [0.29, 0.717) is 0 Å². The Morgan fingerprint density at radius 2 is 1.80 bits per heavy atom. The van der Waals surface area contributed by atoms with Crippen LogP contribution in [0, 0.1) is 6.92 Å². The summed E-state index contributed by atoms with van der Waals surface area (Å²) in [6, 6.07) is 8.19. The first kappa shape index (κ1) is 12.1. The maximum atomic E-state index is 5.64. The summed E-state index contributed by atoms with van der Waals surface area (Å²) in [6.45, 7) is 7.16. The predicted octanol–water partition coefficient (Wildman–Crippen LogP) is 2.72. The summed E-state index contributed by atoms with van der Waals surface area (Å²) < 4.78 is 5.64. The second-order valence-corrected chi connectivity index (χ2v) is 3.96. The fourth-order valence-electron chi connectivity index (χ4n) is 1.45. The third-order valence-electron chi connectivity index (χ3n) is 2.37. The van der Waals surface area contributed by atoms with Gasteiger partial charge in [-0.1, -0.05) is 24.6 Å². The molecule has 0 radical (unpaired) electrons. The lowest BCUT2D eigenvalue weighted by molar-refractivity contribution is 0.237. The molecule has 0 unspecified atom stereocenters. The number of rotatable bonds is 6. The van der Waals surface area contributed by atoms with E-state index in [-0.39, 0.29) is 0 Å². The first-order chi connectivity index (χ1) is 7.22. The first-order valence-corrected chi connectivity index (χ1v) is 5.60. The summed E-state index contributed by atoms with van der Waals surface area (Å²) in [7, 11) is 2.13. The van der Waals surface area contributed by atoms with Gasteiger partial charge in [0, 0.05) is 6.54 Å². The number of hydrogen-bond donors (Lipinski definition) is 0. The summed E-state index contributed by atoms with van der Waals surface area (Å²) in [5.74, 6) is 0.963. The first-order valence-electron chi connectivity index (χ1n) is 5.60. The molecule has 0 saturated carbocycles. The van der Waals surface area contributed by atoms with Crippen LogP contribution in [-0.4, -0.2) is 31.6 Å². The molecule has 0 atom stereocenters. The van der Waals surface area contributed by atoms with E-state index < -0.39 is 0 Å². The quantitative estimate of drug-likeness (QED) is 0.711. The van der Waals surface area contributed by atoms with Gasteiger partial charge in [-0.15, -0.1) is 0 Å². The minimum absolute atomic E-state index is 0.763. The lowest BCUT2D eigenvalue weighted by Crippen LogP contribution is -2.24. The largest absolute Gasteiger partial charge is 0.492 e. The highest BCUT2D eigenvalue weighted by molar-refractivity contribution is 5.26. The SMILES string of the molecule is CCCN(C)CCOc1ccc(C)cc1. The Morgan fingerprint density at radius 3 is 2.40 bits per heavy atom. The molecule has 1 rings (SSSR count). The van der Waals surface area contributed by atoms with E-state index >= 15 is 0 Å². The van der Waals surface area contributed by atoms with Gasteiger partial charge in [0.2, 0.25) is 0 Å². The molecule has 0 amide bonds.